The van der Waals surface area contributed by atoms with Crippen LogP contribution in [0.15, 0.2) is 4.90 Å². The van der Waals surface area contributed by atoms with Gasteiger partial charge >= 0.3 is 0 Å². The predicted octanol–water partition coefficient (Wildman–Crippen LogP) is 2.30. The molecule has 1 N–H and O–H groups in total. The molecule has 1 aliphatic heterocycles. The van der Waals surface area contributed by atoms with Gasteiger partial charge in [0.25, 0.3) is 15.0 Å². The number of rotatable bonds is 4. The van der Waals surface area contributed by atoms with Crippen molar-refractivity contribution in [3.05, 3.63) is 11.4 Å². The molecule has 1 amide bonds. The third-order valence-electron chi connectivity index (χ3n) is 3.80. The van der Waals surface area contributed by atoms with E-state index in [1.165, 1.54) is 0 Å². The first-order valence-electron chi connectivity index (χ1n) is 7.19. The minimum Gasteiger partial charge on any atom is -0.335 e. The Morgan fingerprint density at radius 2 is 2.19 bits per heavy atom. The quantitative estimate of drug-likeness (QED) is 0.857. The molecule has 0 bridgehead atoms. The van der Waals surface area contributed by atoms with Crippen molar-refractivity contribution >= 4 is 25.6 Å². The minimum atomic E-state index is -4.01. The Hall–Kier alpha value is -1.08. The molecule has 2 rings (SSSR count). The highest BCUT2D eigenvalue weighted by atomic mass is 35.7. The average molecular weight is 334 g/mol. The zero-order valence-electron chi connectivity index (χ0n) is 12.2. The van der Waals surface area contributed by atoms with Gasteiger partial charge in [-0.1, -0.05) is 13.3 Å². The van der Waals surface area contributed by atoms with Crippen molar-refractivity contribution in [2.45, 2.75) is 56.9 Å². The maximum Gasteiger partial charge on any atom is 0.276 e. The Morgan fingerprint density at radius 1 is 1.48 bits per heavy atom. The second-order valence-electron chi connectivity index (χ2n) is 5.41. The molecule has 1 aromatic rings. The number of piperidine rings is 1. The van der Waals surface area contributed by atoms with Gasteiger partial charge in [0.05, 0.1) is 5.69 Å². The summed E-state index contributed by atoms with van der Waals surface area (Å²) in [6.07, 6.45) is 4.13. The van der Waals surface area contributed by atoms with Gasteiger partial charge in [-0.2, -0.15) is 5.10 Å². The molecule has 1 atom stereocenters. The Morgan fingerprint density at radius 3 is 2.76 bits per heavy atom. The van der Waals surface area contributed by atoms with E-state index in [9.17, 15) is 13.2 Å². The summed E-state index contributed by atoms with van der Waals surface area (Å²) in [5, 5.41) is 6.59. The van der Waals surface area contributed by atoms with E-state index in [4.69, 9.17) is 10.7 Å². The van der Waals surface area contributed by atoms with E-state index in [1.54, 1.807) is 4.90 Å². The van der Waals surface area contributed by atoms with Gasteiger partial charge in [-0.15, -0.1) is 0 Å². The van der Waals surface area contributed by atoms with Gasteiger partial charge in [-0.3, -0.25) is 9.89 Å². The SMILES string of the molecule is CCCc1[nH]nc(C(=O)N2CCCCC2C)c1S(=O)(=O)Cl. The molecular formula is C13H20ClN3O3S. The number of nitrogens with one attached hydrogen (secondary N) is 1. The van der Waals surface area contributed by atoms with Crippen LogP contribution in [0.3, 0.4) is 0 Å². The highest BCUT2D eigenvalue weighted by Crippen LogP contribution is 2.27. The van der Waals surface area contributed by atoms with Crippen LogP contribution >= 0.6 is 10.7 Å². The van der Waals surface area contributed by atoms with Crippen LogP contribution in [0.1, 0.15) is 55.7 Å². The molecule has 0 aliphatic carbocycles. The van der Waals surface area contributed by atoms with E-state index in [0.717, 1.165) is 25.7 Å². The summed E-state index contributed by atoms with van der Waals surface area (Å²) >= 11 is 0. The van der Waals surface area contributed by atoms with Crippen LogP contribution in [-0.4, -0.2) is 42.0 Å². The van der Waals surface area contributed by atoms with Crippen molar-refractivity contribution in [3.8, 4) is 0 Å². The van der Waals surface area contributed by atoms with Gasteiger partial charge in [-0.25, -0.2) is 8.42 Å². The van der Waals surface area contributed by atoms with E-state index >= 15 is 0 Å². The first-order valence-corrected chi connectivity index (χ1v) is 9.50. The number of hydrogen-bond donors (Lipinski definition) is 1. The molecule has 0 saturated carbocycles. The fraction of sp³-hybridized carbons (Fsp3) is 0.692. The molecule has 1 fully saturated rings. The Kier molecular flexibility index (Phi) is 4.93. The summed E-state index contributed by atoms with van der Waals surface area (Å²) in [7, 11) is 1.49. The lowest BCUT2D eigenvalue weighted by Crippen LogP contribution is -2.42. The monoisotopic (exact) mass is 333 g/mol. The molecule has 8 heteroatoms. The maximum atomic E-state index is 12.6. The van der Waals surface area contributed by atoms with Crippen molar-refractivity contribution < 1.29 is 13.2 Å². The standard InChI is InChI=1S/C13H20ClN3O3S/c1-3-6-10-12(21(14,19)20)11(16-15-10)13(18)17-8-5-4-7-9(17)2/h9H,3-8H2,1-2H3,(H,15,16). The van der Waals surface area contributed by atoms with Crippen molar-refractivity contribution in [3.63, 3.8) is 0 Å². The third-order valence-corrected chi connectivity index (χ3v) is 5.19. The van der Waals surface area contributed by atoms with Crippen LogP contribution in [0.2, 0.25) is 0 Å². The minimum absolute atomic E-state index is 0.0813. The van der Waals surface area contributed by atoms with Crippen molar-refractivity contribution in [1.29, 1.82) is 0 Å². The summed E-state index contributed by atoms with van der Waals surface area (Å²) in [6.45, 7) is 4.50. The number of carbonyl (C=O) groups excluding carboxylic acids is 1. The summed E-state index contributed by atoms with van der Waals surface area (Å²) < 4.78 is 23.6. The Bertz CT molecular complexity index is 627. The van der Waals surface area contributed by atoms with Gasteiger partial charge in [0, 0.05) is 23.3 Å². The average Bonchev–Trinajstić information content (AvgIpc) is 2.83. The molecule has 118 valence electrons. The number of likely N-dealkylation sites (tertiary alicyclic amines) is 1. The van der Waals surface area contributed by atoms with E-state index in [1.807, 2.05) is 13.8 Å². The molecule has 2 heterocycles. The largest absolute Gasteiger partial charge is 0.335 e. The number of carbonyl (C=O) groups is 1. The molecule has 6 nitrogen and oxygen atoms in total. The smallest absolute Gasteiger partial charge is 0.276 e. The molecule has 0 radical (unpaired) electrons. The fourth-order valence-corrected chi connectivity index (χ4v) is 4.04. The van der Waals surface area contributed by atoms with E-state index in [0.29, 0.717) is 18.7 Å². The number of halogens is 1. The van der Waals surface area contributed by atoms with Crippen LogP contribution in [0.4, 0.5) is 0 Å². The van der Waals surface area contributed by atoms with Crippen LogP contribution in [0, 0.1) is 0 Å². The summed E-state index contributed by atoms with van der Waals surface area (Å²) in [5.74, 6) is -0.361. The van der Waals surface area contributed by atoms with E-state index in [2.05, 4.69) is 10.2 Å². The summed E-state index contributed by atoms with van der Waals surface area (Å²) in [4.78, 5) is 14.1. The molecule has 0 spiro atoms. The second kappa shape index (κ2) is 6.36. The lowest BCUT2D eigenvalue weighted by molar-refractivity contribution is 0.0625. The lowest BCUT2D eigenvalue weighted by Gasteiger charge is -2.32. The zero-order valence-corrected chi connectivity index (χ0v) is 13.8. The van der Waals surface area contributed by atoms with Gasteiger partial charge in [-0.05, 0) is 32.6 Å². The number of amides is 1. The number of aromatic amines is 1. The molecule has 1 aromatic heterocycles. The summed E-state index contributed by atoms with van der Waals surface area (Å²) in [6, 6.07) is 0.0865. The number of aromatic nitrogens is 2. The molecule has 1 unspecified atom stereocenters. The molecule has 1 saturated heterocycles. The fourth-order valence-electron chi connectivity index (χ4n) is 2.73. The van der Waals surface area contributed by atoms with Crippen LogP contribution < -0.4 is 0 Å². The van der Waals surface area contributed by atoms with Gasteiger partial charge in [0.1, 0.15) is 4.90 Å². The zero-order chi connectivity index (χ0) is 15.6. The highest BCUT2D eigenvalue weighted by molar-refractivity contribution is 8.13. The predicted molar refractivity (Wildman–Crippen MR) is 80.0 cm³/mol. The van der Waals surface area contributed by atoms with E-state index < -0.39 is 9.05 Å². The second-order valence-corrected chi connectivity index (χ2v) is 7.91. The van der Waals surface area contributed by atoms with Crippen molar-refractivity contribution in [1.82, 2.24) is 15.1 Å². The van der Waals surface area contributed by atoms with Crippen molar-refractivity contribution in [2.24, 2.45) is 0 Å². The van der Waals surface area contributed by atoms with Crippen LogP contribution in [0.5, 0.6) is 0 Å². The molecule has 21 heavy (non-hydrogen) atoms. The van der Waals surface area contributed by atoms with Gasteiger partial charge < -0.3 is 4.90 Å². The first-order chi connectivity index (χ1) is 9.86. The molecule has 1 aliphatic rings. The highest BCUT2D eigenvalue weighted by Gasteiger charge is 2.33. The van der Waals surface area contributed by atoms with E-state index in [-0.39, 0.29) is 22.5 Å². The third kappa shape index (κ3) is 3.40. The van der Waals surface area contributed by atoms with Crippen LogP contribution in [0.25, 0.3) is 0 Å². The number of nitrogens with zero attached hydrogens (tertiary/aromatic N) is 2. The van der Waals surface area contributed by atoms with Gasteiger partial charge in [0.15, 0.2) is 5.69 Å². The van der Waals surface area contributed by atoms with Crippen molar-refractivity contribution in [2.75, 3.05) is 6.54 Å². The number of hydrogen-bond acceptors (Lipinski definition) is 4. The normalized spacial score (nSPS) is 19.8. The first kappa shape index (κ1) is 16.3. The van der Waals surface area contributed by atoms with Crippen LogP contribution in [-0.2, 0) is 15.5 Å². The maximum absolute atomic E-state index is 12.6. The topological polar surface area (TPSA) is 83.1 Å². The number of aryl methyl sites for hydroxylation is 1. The lowest BCUT2D eigenvalue weighted by atomic mass is 10.0. The number of H-pyrrole nitrogens is 1. The Labute approximate surface area is 129 Å². The Balaban J connectivity index is 2.41. The molecule has 0 aromatic carbocycles. The summed E-state index contributed by atoms with van der Waals surface area (Å²) in [5.41, 5.74) is 0.322. The van der Waals surface area contributed by atoms with Gasteiger partial charge in [0.2, 0.25) is 0 Å². The molecular weight excluding hydrogens is 314 g/mol.